The molecule has 8 rings (SSSR count). The van der Waals surface area contributed by atoms with Crippen LogP contribution in [0.15, 0.2) is 49.1 Å². The molecule has 0 amide bonds. The van der Waals surface area contributed by atoms with E-state index >= 15 is 0 Å². The van der Waals surface area contributed by atoms with Gasteiger partial charge in [0, 0.05) is 90.0 Å². The first-order valence-electron chi connectivity index (χ1n) is 22.6. The zero-order valence-electron chi connectivity index (χ0n) is 36.7. The lowest BCUT2D eigenvalue weighted by Crippen LogP contribution is -2.47. The molecule has 6 atom stereocenters. The fourth-order valence-electron chi connectivity index (χ4n) is 10.3. The zero-order valence-corrected chi connectivity index (χ0v) is 36.7. The number of fused-ring (bicyclic) bond motifs is 2. The first-order chi connectivity index (χ1) is 29.9. The summed E-state index contributed by atoms with van der Waals surface area (Å²) in [5.74, 6) is 2.09. The predicted molar refractivity (Wildman–Crippen MR) is 239 cm³/mol. The molecule has 62 heavy (non-hydrogen) atoms. The molecule has 2 aromatic carbocycles. The summed E-state index contributed by atoms with van der Waals surface area (Å²) >= 11 is 0. The third kappa shape index (κ3) is 10.6. The van der Waals surface area contributed by atoms with Gasteiger partial charge in [0.2, 0.25) is 0 Å². The van der Waals surface area contributed by atoms with Crippen molar-refractivity contribution in [2.75, 3.05) is 62.2 Å². The second kappa shape index (κ2) is 20.4. The van der Waals surface area contributed by atoms with Crippen molar-refractivity contribution in [2.45, 2.75) is 103 Å². The van der Waals surface area contributed by atoms with E-state index in [1.807, 2.05) is 38.1 Å². The topological polar surface area (TPSA) is 187 Å². The Kier molecular flexibility index (Phi) is 14.8. The highest BCUT2D eigenvalue weighted by Gasteiger charge is 2.34. The molecule has 0 saturated carbocycles. The number of nitriles is 2. The quantitative estimate of drug-likeness (QED) is 0.203. The Morgan fingerprint density at radius 3 is 1.32 bits per heavy atom. The fourth-order valence-corrected chi connectivity index (χ4v) is 10.3. The first-order valence-corrected chi connectivity index (χ1v) is 22.6. The molecule has 14 nitrogen and oxygen atoms in total. The molecule has 6 heterocycles. The number of anilines is 2. The average Bonchev–Trinajstić information content (AvgIpc) is 3.28. The number of hydrogen-bond donors (Lipinski definition) is 2. The van der Waals surface area contributed by atoms with Gasteiger partial charge in [0.1, 0.15) is 45.8 Å². The molecule has 2 N–H and O–H groups in total. The van der Waals surface area contributed by atoms with Crippen LogP contribution in [0.3, 0.4) is 0 Å². The summed E-state index contributed by atoms with van der Waals surface area (Å²) in [6.45, 7) is 15.1. The molecule has 0 radical (unpaired) electrons. The number of carbonyl (C=O) groups excluding carboxylic acids is 2. The van der Waals surface area contributed by atoms with Crippen molar-refractivity contribution in [2.24, 2.45) is 23.7 Å². The number of hydrogen-bond acceptors (Lipinski definition) is 14. The monoisotopic (exact) mass is 842 g/mol. The maximum absolute atomic E-state index is 13.1. The zero-order chi connectivity index (χ0) is 43.9. The van der Waals surface area contributed by atoms with Gasteiger partial charge in [-0.15, -0.1) is 0 Å². The van der Waals surface area contributed by atoms with Crippen molar-refractivity contribution >= 4 is 45.0 Å². The molecule has 0 bridgehead atoms. The summed E-state index contributed by atoms with van der Waals surface area (Å²) in [6.07, 6.45) is 12.3. The van der Waals surface area contributed by atoms with Crippen LogP contribution < -0.4 is 9.80 Å². The minimum atomic E-state index is -0.225. The van der Waals surface area contributed by atoms with Crippen molar-refractivity contribution in [1.82, 2.24) is 29.7 Å². The first kappa shape index (κ1) is 44.9. The van der Waals surface area contributed by atoms with E-state index in [4.69, 9.17) is 0 Å². The van der Waals surface area contributed by atoms with Crippen LogP contribution in [0.4, 0.5) is 11.4 Å². The van der Waals surface area contributed by atoms with Crippen LogP contribution in [0.5, 0.6) is 0 Å². The highest BCUT2D eigenvalue weighted by Crippen LogP contribution is 2.35. The van der Waals surface area contributed by atoms with E-state index in [0.29, 0.717) is 58.4 Å². The van der Waals surface area contributed by atoms with Crippen LogP contribution in [-0.4, -0.2) is 128 Å². The van der Waals surface area contributed by atoms with Gasteiger partial charge in [-0.3, -0.25) is 39.3 Å². The number of piperidine rings is 4. The number of nitrogens with zero attached hydrogens (tertiary/aromatic N) is 10. The van der Waals surface area contributed by atoms with E-state index in [1.165, 1.54) is 0 Å². The van der Waals surface area contributed by atoms with Crippen LogP contribution in [-0.2, 0) is 9.59 Å². The normalized spacial score (nSPS) is 24.1. The number of likely N-dealkylation sites (tertiary alicyclic amines) is 2. The van der Waals surface area contributed by atoms with E-state index in [1.54, 1.807) is 24.8 Å². The molecule has 328 valence electrons. The lowest BCUT2D eigenvalue weighted by molar-refractivity contribution is -0.126. The highest BCUT2D eigenvalue weighted by molar-refractivity contribution is 5.93. The number of carbonyl (C=O) groups is 2. The van der Waals surface area contributed by atoms with Gasteiger partial charge in [0.15, 0.2) is 0 Å². The molecule has 4 saturated heterocycles. The summed E-state index contributed by atoms with van der Waals surface area (Å²) in [6, 6.07) is 11.8. The lowest BCUT2D eigenvalue weighted by atomic mass is 9.85. The standard InChI is InChI=1S/2C24H31N5O2/c2*1-16-11-18(12-22(31)17(2)28-9-5-20(30)6-10-28)15-29(14-16)21-4-3-19(13-25)23-24(21)27-8-7-26-23/h2*3-4,7-8,16-18,20,30H,5-6,9-12,14-15H2,1-2H3/t16-,17+,18-;16-,17-,18-/m00/s1. The number of rotatable bonds is 10. The number of Topliss-reactive ketones (excluding diaryl/α,β-unsaturated/α-hetero) is 2. The van der Waals surface area contributed by atoms with Crippen molar-refractivity contribution < 1.29 is 19.8 Å². The lowest BCUT2D eigenvalue weighted by Gasteiger charge is -2.39. The third-order valence-corrected chi connectivity index (χ3v) is 13.6. The second-order valence-electron chi connectivity index (χ2n) is 18.4. The van der Waals surface area contributed by atoms with Crippen LogP contribution in [0.1, 0.15) is 90.2 Å². The number of ketones is 2. The third-order valence-electron chi connectivity index (χ3n) is 13.6. The number of aliphatic hydroxyl groups excluding tert-OH is 2. The minimum absolute atomic E-state index is 0.0974. The SMILES string of the molecule is C[C@H]1C[C@@H](CC(=O)[C@@H](C)N2CCC(O)CC2)CN(c2ccc(C#N)c3nccnc23)C1.C[C@H]1C[C@@H](CC(=O)[C@H](C)N2CCC(O)CC2)CN(c2ccc(C#N)c3nccnc23)C1. The largest absolute Gasteiger partial charge is 0.393 e. The molecule has 0 spiro atoms. The summed E-state index contributed by atoms with van der Waals surface area (Å²) in [4.78, 5) is 53.0. The molecule has 4 aliphatic heterocycles. The van der Waals surface area contributed by atoms with E-state index in [0.717, 1.165) is 113 Å². The number of benzene rings is 2. The molecule has 0 aliphatic carbocycles. The highest BCUT2D eigenvalue weighted by atomic mass is 16.3. The Morgan fingerprint density at radius 2 is 0.968 bits per heavy atom. The van der Waals surface area contributed by atoms with Crippen LogP contribution in [0.25, 0.3) is 22.1 Å². The average molecular weight is 843 g/mol. The van der Waals surface area contributed by atoms with E-state index < -0.39 is 0 Å². The van der Waals surface area contributed by atoms with Crippen molar-refractivity contribution in [3.05, 3.63) is 60.2 Å². The van der Waals surface area contributed by atoms with Crippen molar-refractivity contribution in [3.63, 3.8) is 0 Å². The Labute approximate surface area is 365 Å². The molecule has 4 fully saturated rings. The fraction of sp³-hybridized carbons (Fsp3) is 0.583. The van der Waals surface area contributed by atoms with Gasteiger partial charge in [0.25, 0.3) is 0 Å². The number of aliphatic hydroxyl groups is 2. The molecule has 0 unspecified atom stereocenters. The summed E-state index contributed by atoms with van der Waals surface area (Å²) in [5, 5.41) is 38.3. The Morgan fingerprint density at radius 1 is 0.613 bits per heavy atom. The van der Waals surface area contributed by atoms with Crippen LogP contribution >= 0.6 is 0 Å². The summed E-state index contributed by atoms with van der Waals surface area (Å²) < 4.78 is 0. The van der Waals surface area contributed by atoms with Crippen molar-refractivity contribution in [3.8, 4) is 12.1 Å². The Bertz CT molecular complexity index is 2120. The van der Waals surface area contributed by atoms with E-state index in [-0.39, 0.29) is 36.1 Å². The maximum Gasteiger partial charge on any atom is 0.150 e. The van der Waals surface area contributed by atoms with Gasteiger partial charge < -0.3 is 20.0 Å². The van der Waals surface area contributed by atoms with Gasteiger partial charge >= 0.3 is 0 Å². The van der Waals surface area contributed by atoms with Crippen molar-refractivity contribution in [1.29, 1.82) is 10.5 Å². The van der Waals surface area contributed by atoms with Gasteiger partial charge in [-0.1, -0.05) is 13.8 Å². The molecule has 4 aliphatic rings. The summed E-state index contributed by atoms with van der Waals surface area (Å²) in [5.41, 5.74) is 5.81. The predicted octanol–water partition coefficient (Wildman–Crippen LogP) is 5.54. The van der Waals surface area contributed by atoms with E-state index in [9.17, 15) is 30.3 Å². The molecular formula is C48H62N10O4. The Balaban J connectivity index is 0.000000186. The summed E-state index contributed by atoms with van der Waals surface area (Å²) in [7, 11) is 0. The number of aromatic nitrogens is 4. The van der Waals surface area contributed by atoms with E-state index in [2.05, 4.69) is 65.5 Å². The molecule has 4 aromatic rings. The molecular weight excluding hydrogens is 781 g/mol. The maximum atomic E-state index is 13.1. The smallest absolute Gasteiger partial charge is 0.150 e. The van der Waals surface area contributed by atoms with Crippen LogP contribution in [0.2, 0.25) is 0 Å². The van der Waals surface area contributed by atoms with Gasteiger partial charge in [-0.2, -0.15) is 10.5 Å². The van der Waals surface area contributed by atoms with Gasteiger partial charge in [0.05, 0.1) is 46.8 Å². The molecule has 2 aromatic heterocycles. The van der Waals surface area contributed by atoms with Gasteiger partial charge in [-0.05, 0) is 100 Å². The second-order valence-corrected chi connectivity index (χ2v) is 18.4. The molecule has 14 heteroatoms. The Hall–Kier alpha value is -5.12. The van der Waals surface area contributed by atoms with Crippen LogP contribution in [0, 0.1) is 46.3 Å². The minimum Gasteiger partial charge on any atom is -0.393 e. The van der Waals surface area contributed by atoms with Gasteiger partial charge in [-0.25, -0.2) is 0 Å².